The molecule has 0 saturated carbocycles. The highest BCUT2D eigenvalue weighted by Gasteiger charge is 2.19. The van der Waals surface area contributed by atoms with Crippen LogP contribution >= 0.6 is 11.3 Å². The van der Waals surface area contributed by atoms with E-state index in [0.717, 1.165) is 17.8 Å². The first-order valence-electron chi connectivity index (χ1n) is 6.22. The van der Waals surface area contributed by atoms with E-state index >= 15 is 0 Å². The van der Waals surface area contributed by atoms with Crippen molar-refractivity contribution in [3.8, 4) is 12.3 Å². The van der Waals surface area contributed by atoms with Crippen LogP contribution in [-0.2, 0) is 6.54 Å². The van der Waals surface area contributed by atoms with Crippen LogP contribution in [0.15, 0.2) is 18.2 Å². The van der Waals surface area contributed by atoms with E-state index in [1.54, 1.807) is 12.1 Å². The summed E-state index contributed by atoms with van der Waals surface area (Å²) in [6.45, 7) is 1.00. The van der Waals surface area contributed by atoms with Crippen LogP contribution in [0, 0.1) is 18.2 Å². The van der Waals surface area contributed by atoms with Crippen LogP contribution in [0.3, 0.4) is 0 Å². The van der Waals surface area contributed by atoms with Crippen LogP contribution in [0.25, 0.3) is 10.1 Å². The monoisotopic (exact) mass is 291 g/mol. The fraction of sp³-hybridized carbons (Fsp3) is 0.267. The Morgan fingerprint density at radius 3 is 3.00 bits per heavy atom. The lowest BCUT2D eigenvalue weighted by Crippen LogP contribution is -2.16. The molecule has 1 heterocycles. The standard InChI is InChI=1S/C15H14FNO2S/c1-2-3-4-8-17-9-10-13-11(16)6-5-7-12(13)20-14(10)15(18)19/h1,5-7,17H,3-4,8-9H2,(H,18,19). The number of terminal acetylenes is 1. The summed E-state index contributed by atoms with van der Waals surface area (Å²) in [5, 5.41) is 12.8. The molecule has 1 aromatic carbocycles. The summed E-state index contributed by atoms with van der Waals surface area (Å²) in [5.74, 6) is 1.13. The van der Waals surface area contributed by atoms with Gasteiger partial charge in [0.2, 0.25) is 0 Å². The lowest BCUT2D eigenvalue weighted by Gasteiger charge is -2.05. The zero-order valence-corrected chi connectivity index (χ0v) is 11.6. The molecule has 0 aliphatic rings. The van der Waals surface area contributed by atoms with Gasteiger partial charge in [0.05, 0.1) is 0 Å². The van der Waals surface area contributed by atoms with E-state index in [4.69, 9.17) is 6.42 Å². The number of benzene rings is 1. The second-order valence-corrected chi connectivity index (χ2v) is 5.36. The minimum Gasteiger partial charge on any atom is -0.477 e. The average molecular weight is 291 g/mol. The fourth-order valence-corrected chi connectivity index (χ4v) is 3.11. The number of fused-ring (bicyclic) bond motifs is 1. The molecule has 3 nitrogen and oxygen atoms in total. The zero-order valence-electron chi connectivity index (χ0n) is 10.8. The summed E-state index contributed by atoms with van der Waals surface area (Å²) in [7, 11) is 0. The van der Waals surface area contributed by atoms with Gasteiger partial charge in [-0.05, 0) is 25.1 Å². The van der Waals surface area contributed by atoms with E-state index in [1.165, 1.54) is 6.07 Å². The number of aromatic carboxylic acids is 1. The summed E-state index contributed by atoms with van der Waals surface area (Å²) in [4.78, 5) is 11.5. The van der Waals surface area contributed by atoms with Gasteiger partial charge in [-0.3, -0.25) is 0 Å². The van der Waals surface area contributed by atoms with Gasteiger partial charge in [-0.1, -0.05) is 6.07 Å². The largest absolute Gasteiger partial charge is 0.477 e. The molecule has 0 atom stereocenters. The Morgan fingerprint density at radius 2 is 2.30 bits per heavy atom. The van der Waals surface area contributed by atoms with Crippen molar-refractivity contribution in [3.63, 3.8) is 0 Å². The summed E-state index contributed by atoms with van der Waals surface area (Å²) >= 11 is 1.10. The van der Waals surface area contributed by atoms with Gasteiger partial charge in [-0.15, -0.1) is 23.7 Å². The average Bonchev–Trinajstić information content (AvgIpc) is 2.79. The maximum atomic E-state index is 13.9. The maximum Gasteiger partial charge on any atom is 0.346 e. The lowest BCUT2D eigenvalue weighted by atomic mass is 10.1. The van der Waals surface area contributed by atoms with Gasteiger partial charge < -0.3 is 10.4 Å². The van der Waals surface area contributed by atoms with Gasteiger partial charge in [0.15, 0.2) is 0 Å². The molecule has 20 heavy (non-hydrogen) atoms. The summed E-state index contributed by atoms with van der Waals surface area (Å²) in [6.07, 6.45) is 6.63. The topological polar surface area (TPSA) is 49.3 Å². The zero-order chi connectivity index (χ0) is 14.5. The Bertz CT molecular complexity index is 672. The smallest absolute Gasteiger partial charge is 0.346 e. The van der Waals surface area contributed by atoms with E-state index in [1.807, 2.05) is 0 Å². The van der Waals surface area contributed by atoms with Gasteiger partial charge in [-0.2, -0.15) is 0 Å². The van der Waals surface area contributed by atoms with E-state index in [0.29, 0.717) is 35.2 Å². The Balaban J connectivity index is 2.27. The van der Waals surface area contributed by atoms with Crippen molar-refractivity contribution < 1.29 is 14.3 Å². The van der Waals surface area contributed by atoms with Crippen molar-refractivity contribution in [1.29, 1.82) is 0 Å². The molecule has 2 N–H and O–H groups in total. The van der Waals surface area contributed by atoms with Gasteiger partial charge in [0, 0.05) is 28.6 Å². The Labute approximate surface area is 120 Å². The van der Waals surface area contributed by atoms with Gasteiger partial charge >= 0.3 is 5.97 Å². The predicted molar refractivity (Wildman–Crippen MR) is 78.5 cm³/mol. The van der Waals surface area contributed by atoms with Crippen molar-refractivity contribution in [2.75, 3.05) is 6.54 Å². The molecule has 0 radical (unpaired) electrons. The Kier molecular flexibility index (Phi) is 4.72. The van der Waals surface area contributed by atoms with E-state index < -0.39 is 5.97 Å². The highest BCUT2D eigenvalue weighted by atomic mass is 32.1. The third-order valence-corrected chi connectivity index (χ3v) is 4.12. The summed E-state index contributed by atoms with van der Waals surface area (Å²) in [5.41, 5.74) is 0.510. The third kappa shape index (κ3) is 2.98. The summed E-state index contributed by atoms with van der Waals surface area (Å²) in [6, 6.07) is 4.67. The van der Waals surface area contributed by atoms with Crippen LogP contribution < -0.4 is 5.32 Å². The third-order valence-electron chi connectivity index (χ3n) is 2.93. The number of nitrogens with one attached hydrogen (secondary N) is 1. The van der Waals surface area contributed by atoms with Crippen molar-refractivity contribution in [3.05, 3.63) is 34.5 Å². The first-order valence-corrected chi connectivity index (χ1v) is 7.04. The molecule has 0 bridgehead atoms. The highest BCUT2D eigenvalue weighted by Crippen LogP contribution is 2.33. The fourth-order valence-electron chi connectivity index (χ4n) is 2.04. The van der Waals surface area contributed by atoms with Crippen molar-refractivity contribution in [2.24, 2.45) is 0 Å². The second kappa shape index (κ2) is 6.51. The van der Waals surface area contributed by atoms with Gasteiger partial charge in [0.1, 0.15) is 10.7 Å². The molecule has 0 spiro atoms. The molecule has 104 valence electrons. The molecule has 0 saturated heterocycles. The van der Waals surface area contributed by atoms with Gasteiger partial charge in [0.25, 0.3) is 0 Å². The molecule has 5 heteroatoms. The number of carbonyl (C=O) groups is 1. The SMILES string of the molecule is C#CCCCNCc1c(C(=O)O)sc2cccc(F)c12. The molecule has 0 aliphatic carbocycles. The van der Waals surface area contributed by atoms with Crippen LogP contribution in [0.2, 0.25) is 0 Å². The Hall–Kier alpha value is -1.90. The first-order chi connectivity index (χ1) is 9.65. The molecular weight excluding hydrogens is 277 g/mol. The molecule has 0 fully saturated rings. The van der Waals surface area contributed by atoms with E-state index in [-0.39, 0.29) is 10.7 Å². The minimum absolute atomic E-state index is 0.189. The highest BCUT2D eigenvalue weighted by molar-refractivity contribution is 7.21. The van der Waals surface area contributed by atoms with E-state index in [2.05, 4.69) is 11.2 Å². The predicted octanol–water partition coefficient (Wildman–Crippen LogP) is 3.24. The lowest BCUT2D eigenvalue weighted by molar-refractivity contribution is 0.0701. The number of unbranched alkanes of at least 4 members (excludes halogenated alkanes) is 1. The van der Waals surface area contributed by atoms with Crippen LogP contribution in [0.1, 0.15) is 28.1 Å². The number of carboxylic acid groups (broad SMARTS) is 1. The number of hydrogen-bond acceptors (Lipinski definition) is 3. The van der Waals surface area contributed by atoms with Crippen molar-refractivity contribution in [2.45, 2.75) is 19.4 Å². The number of rotatable bonds is 6. The van der Waals surface area contributed by atoms with Crippen molar-refractivity contribution in [1.82, 2.24) is 5.32 Å². The molecule has 0 unspecified atom stereocenters. The minimum atomic E-state index is -1.02. The molecule has 0 aliphatic heterocycles. The molecular formula is C15H14FNO2S. The number of carboxylic acids is 1. The van der Waals surface area contributed by atoms with Gasteiger partial charge in [-0.25, -0.2) is 9.18 Å². The molecule has 2 aromatic rings. The maximum absolute atomic E-state index is 13.9. The second-order valence-electron chi connectivity index (χ2n) is 4.31. The van der Waals surface area contributed by atoms with Crippen LogP contribution in [0.5, 0.6) is 0 Å². The quantitative estimate of drug-likeness (QED) is 0.634. The summed E-state index contributed by atoms with van der Waals surface area (Å²) < 4.78 is 14.6. The normalized spacial score (nSPS) is 10.6. The van der Waals surface area contributed by atoms with E-state index in [9.17, 15) is 14.3 Å². The molecule has 2 rings (SSSR count). The number of hydrogen-bond donors (Lipinski definition) is 2. The Morgan fingerprint density at radius 1 is 1.50 bits per heavy atom. The number of halogens is 1. The van der Waals surface area contributed by atoms with Crippen molar-refractivity contribution >= 4 is 27.4 Å². The molecule has 0 amide bonds. The number of thiophene rings is 1. The molecule has 1 aromatic heterocycles. The van der Waals surface area contributed by atoms with Crippen LogP contribution in [-0.4, -0.2) is 17.6 Å². The first kappa shape index (κ1) is 14.5. The van der Waals surface area contributed by atoms with Crippen LogP contribution in [0.4, 0.5) is 4.39 Å².